The summed E-state index contributed by atoms with van der Waals surface area (Å²) in [7, 11) is 0. The molecule has 0 saturated heterocycles. The standard InChI is InChI=1S/C26H25Cl2N5O2S2/c1-2-33-24(16-7-10-19(11-8-16)35-18-5-3-4-6-18)31-32-26(33)37-15-23(34)30-25-29-22(14-36-25)20-12-9-17(27)13-21(20)28/h7-14,18H,2-6,15H2,1H3,(H,29,30,34). The van der Waals surface area contributed by atoms with Crippen LogP contribution in [0.3, 0.4) is 0 Å². The number of nitrogens with one attached hydrogen (secondary N) is 1. The lowest BCUT2D eigenvalue weighted by Crippen LogP contribution is -2.14. The smallest absolute Gasteiger partial charge is 0.236 e. The molecule has 1 saturated carbocycles. The van der Waals surface area contributed by atoms with Gasteiger partial charge in [-0.3, -0.25) is 4.79 Å². The van der Waals surface area contributed by atoms with E-state index in [0.717, 1.165) is 35.5 Å². The average molecular weight is 575 g/mol. The first-order chi connectivity index (χ1) is 18.0. The predicted molar refractivity (Wildman–Crippen MR) is 151 cm³/mol. The molecule has 37 heavy (non-hydrogen) atoms. The first kappa shape index (κ1) is 26.0. The minimum atomic E-state index is -0.172. The van der Waals surface area contributed by atoms with E-state index in [4.69, 9.17) is 27.9 Å². The molecule has 1 N–H and O–H groups in total. The number of thioether (sulfide) groups is 1. The summed E-state index contributed by atoms with van der Waals surface area (Å²) in [4.78, 5) is 17.1. The second kappa shape index (κ2) is 11.9. The lowest BCUT2D eigenvalue weighted by Gasteiger charge is -2.13. The molecule has 2 aromatic carbocycles. The third kappa shape index (κ3) is 6.29. The van der Waals surface area contributed by atoms with Crippen molar-refractivity contribution in [3.8, 4) is 28.4 Å². The molecule has 0 aliphatic heterocycles. The van der Waals surface area contributed by atoms with Gasteiger partial charge in [0.15, 0.2) is 16.1 Å². The fraction of sp³-hybridized carbons (Fsp3) is 0.308. The summed E-state index contributed by atoms with van der Waals surface area (Å²) in [6.45, 7) is 2.72. The van der Waals surface area contributed by atoms with Gasteiger partial charge in [-0.2, -0.15) is 0 Å². The van der Waals surface area contributed by atoms with Gasteiger partial charge in [0.25, 0.3) is 0 Å². The second-order valence-electron chi connectivity index (χ2n) is 8.60. The molecule has 5 rings (SSSR count). The normalized spacial score (nSPS) is 13.7. The van der Waals surface area contributed by atoms with Crippen LogP contribution in [-0.2, 0) is 11.3 Å². The molecule has 192 valence electrons. The van der Waals surface area contributed by atoms with Gasteiger partial charge < -0.3 is 14.6 Å². The molecule has 0 atom stereocenters. The van der Waals surface area contributed by atoms with Crippen molar-refractivity contribution < 1.29 is 9.53 Å². The lowest BCUT2D eigenvalue weighted by atomic mass is 10.2. The van der Waals surface area contributed by atoms with E-state index >= 15 is 0 Å². The number of rotatable bonds is 9. The molecule has 2 aromatic heterocycles. The number of carbonyl (C=O) groups is 1. The van der Waals surface area contributed by atoms with Gasteiger partial charge >= 0.3 is 0 Å². The van der Waals surface area contributed by atoms with Gasteiger partial charge in [0.2, 0.25) is 5.91 Å². The van der Waals surface area contributed by atoms with Crippen molar-refractivity contribution in [2.75, 3.05) is 11.1 Å². The zero-order chi connectivity index (χ0) is 25.8. The number of thiazole rings is 1. The van der Waals surface area contributed by atoms with Crippen molar-refractivity contribution in [1.82, 2.24) is 19.7 Å². The number of ether oxygens (including phenoxy) is 1. The molecule has 7 nitrogen and oxygen atoms in total. The Hall–Kier alpha value is -2.59. The van der Waals surface area contributed by atoms with E-state index < -0.39 is 0 Å². The monoisotopic (exact) mass is 573 g/mol. The van der Waals surface area contributed by atoms with E-state index in [1.165, 1.54) is 35.9 Å². The van der Waals surface area contributed by atoms with Crippen molar-refractivity contribution in [2.24, 2.45) is 0 Å². The van der Waals surface area contributed by atoms with Crippen LogP contribution in [0.2, 0.25) is 10.0 Å². The molecule has 0 radical (unpaired) electrons. The lowest BCUT2D eigenvalue weighted by molar-refractivity contribution is -0.113. The fourth-order valence-corrected chi connectivity index (χ4v) is 6.25. The van der Waals surface area contributed by atoms with Crippen LogP contribution in [0, 0.1) is 0 Å². The summed E-state index contributed by atoms with van der Waals surface area (Å²) < 4.78 is 8.08. The van der Waals surface area contributed by atoms with Gasteiger partial charge in [0.1, 0.15) is 5.75 Å². The van der Waals surface area contributed by atoms with Crippen molar-refractivity contribution >= 4 is 57.3 Å². The van der Waals surface area contributed by atoms with Gasteiger partial charge in [0, 0.05) is 28.1 Å². The van der Waals surface area contributed by atoms with Crippen LogP contribution in [0.5, 0.6) is 5.75 Å². The largest absolute Gasteiger partial charge is 0.490 e. The van der Waals surface area contributed by atoms with Crippen LogP contribution in [0.1, 0.15) is 32.6 Å². The molecule has 1 aliphatic rings. The van der Waals surface area contributed by atoms with Gasteiger partial charge in [-0.15, -0.1) is 21.5 Å². The minimum absolute atomic E-state index is 0.172. The van der Waals surface area contributed by atoms with Crippen LogP contribution in [0.25, 0.3) is 22.6 Å². The molecule has 0 bridgehead atoms. The molecule has 1 aliphatic carbocycles. The van der Waals surface area contributed by atoms with Crippen molar-refractivity contribution in [1.29, 1.82) is 0 Å². The van der Waals surface area contributed by atoms with E-state index in [1.807, 2.05) is 47.2 Å². The number of carbonyl (C=O) groups excluding carboxylic acids is 1. The highest BCUT2D eigenvalue weighted by Gasteiger charge is 2.18. The van der Waals surface area contributed by atoms with Crippen molar-refractivity contribution in [2.45, 2.75) is 50.4 Å². The van der Waals surface area contributed by atoms with E-state index in [-0.39, 0.29) is 11.7 Å². The Kier molecular flexibility index (Phi) is 8.34. The summed E-state index contributed by atoms with van der Waals surface area (Å²) in [6, 6.07) is 13.2. The predicted octanol–water partition coefficient (Wildman–Crippen LogP) is 7.45. The number of hydrogen-bond acceptors (Lipinski definition) is 7. The minimum Gasteiger partial charge on any atom is -0.490 e. The van der Waals surface area contributed by atoms with Crippen LogP contribution >= 0.6 is 46.3 Å². The molecule has 1 fully saturated rings. The summed E-state index contributed by atoms with van der Waals surface area (Å²) in [5.74, 6) is 1.66. The Morgan fingerprint density at radius 1 is 1.16 bits per heavy atom. The number of aromatic nitrogens is 4. The average Bonchev–Trinajstić information content (AvgIpc) is 3.65. The molecule has 1 amide bonds. The van der Waals surface area contributed by atoms with Crippen LogP contribution < -0.4 is 10.1 Å². The maximum Gasteiger partial charge on any atom is 0.236 e. The van der Waals surface area contributed by atoms with Gasteiger partial charge in [-0.1, -0.05) is 35.0 Å². The van der Waals surface area contributed by atoms with Gasteiger partial charge in [-0.25, -0.2) is 4.98 Å². The number of nitrogens with zero attached hydrogens (tertiary/aromatic N) is 4. The summed E-state index contributed by atoms with van der Waals surface area (Å²) in [5.41, 5.74) is 2.41. The molecule has 11 heteroatoms. The molecule has 4 aromatic rings. The highest BCUT2D eigenvalue weighted by Crippen LogP contribution is 2.33. The first-order valence-corrected chi connectivity index (χ1v) is 14.7. The summed E-state index contributed by atoms with van der Waals surface area (Å²) >= 11 is 14.9. The number of anilines is 1. The van der Waals surface area contributed by atoms with Crippen LogP contribution in [0.15, 0.2) is 53.0 Å². The van der Waals surface area contributed by atoms with E-state index in [9.17, 15) is 4.79 Å². The quantitative estimate of drug-likeness (QED) is 0.209. The number of halogens is 2. The Morgan fingerprint density at radius 2 is 1.95 bits per heavy atom. The Labute approximate surface area is 233 Å². The third-order valence-corrected chi connectivity index (χ3v) is 8.31. The third-order valence-electron chi connectivity index (χ3n) is 6.04. The number of amides is 1. The van der Waals surface area contributed by atoms with Crippen molar-refractivity contribution in [3.05, 3.63) is 57.9 Å². The zero-order valence-corrected chi connectivity index (χ0v) is 23.3. The van der Waals surface area contributed by atoms with E-state index in [2.05, 4.69) is 20.5 Å². The number of hydrogen-bond donors (Lipinski definition) is 1. The van der Waals surface area contributed by atoms with E-state index in [1.54, 1.807) is 12.1 Å². The molecule has 0 unspecified atom stereocenters. The van der Waals surface area contributed by atoms with Crippen LogP contribution in [-0.4, -0.2) is 37.5 Å². The maximum atomic E-state index is 12.6. The Morgan fingerprint density at radius 3 is 2.68 bits per heavy atom. The fourth-order valence-electron chi connectivity index (χ4n) is 4.21. The maximum absolute atomic E-state index is 12.6. The Bertz CT molecular complexity index is 1380. The molecular weight excluding hydrogens is 549 g/mol. The zero-order valence-electron chi connectivity index (χ0n) is 20.1. The SMILES string of the molecule is CCn1c(SCC(=O)Nc2nc(-c3ccc(Cl)cc3Cl)cs2)nnc1-c1ccc(OC2CCCC2)cc1. The van der Waals surface area contributed by atoms with Gasteiger partial charge in [0.05, 0.1) is 22.6 Å². The molecular formula is C26H25Cl2N5O2S2. The van der Waals surface area contributed by atoms with Crippen molar-refractivity contribution in [3.63, 3.8) is 0 Å². The Balaban J connectivity index is 1.20. The first-order valence-electron chi connectivity index (χ1n) is 12.0. The molecule has 0 spiro atoms. The molecule has 2 heterocycles. The topological polar surface area (TPSA) is 81.9 Å². The summed E-state index contributed by atoms with van der Waals surface area (Å²) in [5, 5.41) is 15.7. The van der Waals surface area contributed by atoms with E-state index in [0.29, 0.717) is 38.7 Å². The van der Waals surface area contributed by atoms with Gasteiger partial charge in [-0.05, 0) is 75.1 Å². The highest BCUT2D eigenvalue weighted by atomic mass is 35.5. The number of benzene rings is 2. The second-order valence-corrected chi connectivity index (χ2v) is 11.2. The summed E-state index contributed by atoms with van der Waals surface area (Å²) in [6.07, 6.45) is 5.06. The van der Waals surface area contributed by atoms with Crippen LogP contribution in [0.4, 0.5) is 5.13 Å². The highest BCUT2D eigenvalue weighted by molar-refractivity contribution is 7.99.